The highest BCUT2D eigenvalue weighted by atomic mass is 32.2. The summed E-state index contributed by atoms with van der Waals surface area (Å²) in [5.74, 6) is 0.833. The molecule has 0 aliphatic rings. The first kappa shape index (κ1) is 16.1. The Morgan fingerprint density at radius 1 is 1.26 bits per heavy atom. The highest BCUT2D eigenvalue weighted by Gasteiger charge is 2.11. The van der Waals surface area contributed by atoms with Crippen molar-refractivity contribution in [2.45, 2.75) is 24.8 Å². The molecule has 3 rings (SSSR count). The smallest absolute Gasteiger partial charge is 0.129 e. The second kappa shape index (κ2) is 7.19. The van der Waals surface area contributed by atoms with Crippen LogP contribution in [0.3, 0.4) is 0 Å². The summed E-state index contributed by atoms with van der Waals surface area (Å²) in [6.45, 7) is 1.61. The molecule has 118 valence electrons. The van der Waals surface area contributed by atoms with Gasteiger partial charge in [0.1, 0.15) is 23.0 Å². The molecule has 0 bridgehead atoms. The van der Waals surface area contributed by atoms with E-state index in [0.29, 0.717) is 6.42 Å². The van der Waals surface area contributed by atoms with E-state index in [1.54, 1.807) is 48.5 Å². The van der Waals surface area contributed by atoms with Crippen LogP contribution in [-0.4, -0.2) is 21.5 Å². The summed E-state index contributed by atoms with van der Waals surface area (Å²) in [6, 6.07) is 8.47. The molecular weight excluding hydrogens is 331 g/mol. The van der Waals surface area contributed by atoms with Crippen molar-refractivity contribution in [1.29, 1.82) is 0 Å². The van der Waals surface area contributed by atoms with E-state index in [4.69, 9.17) is 0 Å². The number of benzene rings is 1. The van der Waals surface area contributed by atoms with Crippen LogP contribution in [0.5, 0.6) is 0 Å². The topological polar surface area (TPSA) is 42.9 Å². The summed E-state index contributed by atoms with van der Waals surface area (Å²) >= 11 is 3.26. The summed E-state index contributed by atoms with van der Waals surface area (Å²) in [5, 5.41) is 0.942. The van der Waals surface area contributed by atoms with Gasteiger partial charge in [0.15, 0.2) is 0 Å². The molecule has 2 heterocycles. The van der Waals surface area contributed by atoms with Crippen LogP contribution in [0.15, 0.2) is 41.7 Å². The molecule has 0 N–H and O–H groups in total. The van der Waals surface area contributed by atoms with Crippen molar-refractivity contribution in [3.63, 3.8) is 0 Å². The van der Waals surface area contributed by atoms with E-state index in [1.807, 2.05) is 6.07 Å². The Bertz CT molecular complexity index is 830. The minimum absolute atomic E-state index is 0.216. The summed E-state index contributed by atoms with van der Waals surface area (Å²) in [7, 11) is 0. The number of nitrogens with zero attached hydrogens (tertiary/aromatic N) is 2. The fraction of sp³-hybridized carbons (Fsp3) is 0.235. The number of ketones is 1. The van der Waals surface area contributed by atoms with E-state index in [0.717, 1.165) is 37.9 Å². The number of aromatic nitrogens is 2. The lowest BCUT2D eigenvalue weighted by atomic mass is 10.2. The van der Waals surface area contributed by atoms with Crippen LogP contribution in [0.1, 0.15) is 19.8 Å². The molecule has 6 heteroatoms. The number of carbonyl (C=O) groups excluding carboxylic acids is 1. The molecule has 1 aromatic carbocycles. The van der Waals surface area contributed by atoms with Crippen LogP contribution in [0.4, 0.5) is 4.39 Å². The van der Waals surface area contributed by atoms with Crippen molar-refractivity contribution < 1.29 is 9.18 Å². The van der Waals surface area contributed by atoms with Crippen molar-refractivity contribution >= 4 is 39.1 Å². The largest absolute Gasteiger partial charge is 0.300 e. The van der Waals surface area contributed by atoms with E-state index < -0.39 is 0 Å². The van der Waals surface area contributed by atoms with Gasteiger partial charge < -0.3 is 4.79 Å². The fourth-order valence-electron chi connectivity index (χ4n) is 2.18. The normalized spacial score (nSPS) is 11.0. The third kappa shape index (κ3) is 3.95. The molecule has 0 radical (unpaired) electrons. The Kier molecular flexibility index (Phi) is 5.03. The molecule has 0 spiro atoms. The number of thiophene rings is 1. The maximum absolute atomic E-state index is 13.1. The molecule has 0 unspecified atom stereocenters. The van der Waals surface area contributed by atoms with Gasteiger partial charge in [-0.2, -0.15) is 0 Å². The van der Waals surface area contributed by atoms with Gasteiger partial charge in [0.25, 0.3) is 0 Å². The third-order valence-corrected chi connectivity index (χ3v) is 5.70. The van der Waals surface area contributed by atoms with Crippen molar-refractivity contribution in [3.05, 3.63) is 42.5 Å². The molecule has 0 atom stereocenters. The quantitative estimate of drug-likeness (QED) is 0.359. The zero-order valence-corrected chi connectivity index (χ0v) is 14.2. The van der Waals surface area contributed by atoms with Gasteiger partial charge in [-0.05, 0) is 42.9 Å². The van der Waals surface area contributed by atoms with Gasteiger partial charge in [0, 0.05) is 11.3 Å². The lowest BCUT2D eigenvalue weighted by Crippen LogP contribution is -1.91. The van der Waals surface area contributed by atoms with Gasteiger partial charge in [0.2, 0.25) is 0 Å². The molecule has 0 aliphatic heterocycles. The number of thioether (sulfide) groups is 1. The fourth-order valence-corrected chi connectivity index (χ4v) is 4.32. The van der Waals surface area contributed by atoms with E-state index in [-0.39, 0.29) is 11.6 Å². The molecule has 0 aliphatic carbocycles. The summed E-state index contributed by atoms with van der Waals surface area (Å²) in [6.07, 6.45) is 3.02. The first-order chi connectivity index (χ1) is 11.1. The minimum Gasteiger partial charge on any atom is -0.300 e. The Hall–Kier alpha value is -1.79. The first-order valence-corrected chi connectivity index (χ1v) is 9.06. The number of rotatable bonds is 6. The minimum atomic E-state index is -0.239. The van der Waals surface area contributed by atoms with Crippen molar-refractivity contribution in [2.75, 3.05) is 5.75 Å². The Morgan fingerprint density at radius 2 is 2.04 bits per heavy atom. The van der Waals surface area contributed by atoms with Crippen LogP contribution < -0.4 is 0 Å². The second-order valence-corrected chi connectivity index (χ2v) is 7.30. The molecule has 3 aromatic rings. The van der Waals surface area contributed by atoms with Crippen molar-refractivity contribution in [1.82, 2.24) is 9.97 Å². The van der Waals surface area contributed by atoms with Gasteiger partial charge in [-0.25, -0.2) is 14.4 Å². The van der Waals surface area contributed by atoms with E-state index in [2.05, 4.69) is 9.97 Å². The van der Waals surface area contributed by atoms with E-state index in [1.165, 1.54) is 12.1 Å². The Balaban J connectivity index is 1.83. The maximum atomic E-state index is 13.1. The first-order valence-electron chi connectivity index (χ1n) is 7.26. The summed E-state index contributed by atoms with van der Waals surface area (Å²) < 4.78 is 14.1. The molecular formula is C17H15FN2OS2. The summed E-state index contributed by atoms with van der Waals surface area (Å²) in [5.41, 5.74) is 1.88. The number of fused-ring (bicyclic) bond motifs is 1. The van der Waals surface area contributed by atoms with Crippen molar-refractivity contribution in [2.24, 2.45) is 0 Å². The predicted octanol–water partition coefficient (Wildman–Crippen LogP) is 4.96. The molecule has 3 nitrogen and oxygen atoms in total. The Morgan fingerprint density at radius 3 is 2.78 bits per heavy atom. The van der Waals surface area contributed by atoms with Gasteiger partial charge >= 0.3 is 0 Å². The third-order valence-electron chi connectivity index (χ3n) is 3.32. The van der Waals surface area contributed by atoms with Gasteiger partial charge in [-0.15, -0.1) is 23.1 Å². The zero-order valence-electron chi connectivity index (χ0n) is 12.6. The van der Waals surface area contributed by atoms with Crippen LogP contribution in [-0.2, 0) is 4.79 Å². The standard InChI is InChI=1S/C17H15FN2OS2/c1-11(21)3-2-8-22-17-16-14(19-10-20-17)9-15(23-16)12-4-6-13(18)7-5-12/h4-7,9-10H,2-3,8H2,1H3. The van der Waals surface area contributed by atoms with Gasteiger partial charge in [-0.3, -0.25) is 0 Å². The number of hydrogen-bond acceptors (Lipinski definition) is 5. The molecule has 0 saturated heterocycles. The van der Waals surface area contributed by atoms with Gasteiger partial charge in [0.05, 0.1) is 10.2 Å². The maximum Gasteiger partial charge on any atom is 0.129 e. The Labute approximate surface area is 142 Å². The number of Topliss-reactive ketones (excluding diaryl/α,β-unsaturated/α-hetero) is 1. The van der Waals surface area contributed by atoms with E-state index >= 15 is 0 Å². The lowest BCUT2D eigenvalue weighted by molar-refractivity contribution is -0.117. The van der Waals surface area contributed by atoms with Gasteiger partial charge in [-0.1, -0.05) is 12.1 Å². The van der Waals surface area contributed by atoms with Crippen LogP contribution in [0, 0.1) is 5.82 Å². The average molecular weight is 346 g/mol. The monoisotopic (exact) mass is 346 g/mol. The lowest BCUT2D eigenvalue weighted by Gasteiger charge is -2.00. The zero-order chi connectivity index (χ0) is 16.2. The number of halogens is 1. The molecule has 0 saturated carbocycles. The number of carbonyl (C=O) groups is 1. The SMILES string of the molecule is CC(=O)CCCSc1ncnc2cc(-c3ccc(F)cc3)sc12. The predicted molar refractivity (Wildman–Crippen MR) is 93.4 cm³/mol. The number of hydrogen-bond donors (Lipinski definition) is 0. The van der Waals surface area contributed by atoms with Crippen LogP contribution in [0.2, 0.25) is 0 Å². The van der Waals surface area contributed by atoms with Crippen LogP contribution >= 0.6 is 23.1 Å². The van der Waals surface area contributed by atoms with E-state index in [9.17, 15) is 9.18 Å². The molecule has 0 fully saturated rings. The molecule has 2 aromatic heterocycles. The highest BCUT2D eigenvalue weighted by Crippen LogP contribution is 2.37. The average Bonchev–Trinajstić information content (AvgIpc) is 2.97. The van der Waals surface area contributed by atoms with Crippen LogP contribution in [0.25, 0.3) is 20.7 Å². The molecule has 23 heavy (non-hydrogen) atoms. The molecule has 0 amide bonds. The second-order valence-electron chi connectivity index (χ2n) is 5.16. The highest BCUT2D eigenvalue weighted by molar-refractivity contribution is 7.99. The summed E-state index contributed by atoms with van der Waals surface area (Å²) in [4.78, 5) is 20.7. The van der Waals surface area contributed by atoms with Crippen molar-refractivity contribution in [3.8, 4) is 10.4 Å².